The second kappa shape index (κ2) is 5.26. The number of aryl methyl sites for hydroxylation is 1. The highest BCUT2D eigenvalue weighted by Crippen LogP contribution is 2.23. The summed E-state index contributed by atoms with van der Waals surface area (Å²) in [5, 5.41) is 13.0. The van der Waals surface area contributed by atoms with Crippen LogP contribution in [-0.2, 0) is 16.6 Å². The minimum Gasteiger partial charge on any atom is -0.481 e. The number of hydrogen-bond donors (Lipinski definition) is 1. The van der Waals surface area contributed by atoms with Crippen molar-refractivity contribution in [3.63, 3.8) is 0 Å². The number of carbonyl (C=O) groups is 2. The first kappa shape index (κ1) is 13.3. The SMILES string of the molecule is CC1CN(C(=O)C=Cc2ccnn2C)CC1C(=O)O. The number of rotatable bonds is 3. The molecule has 1 N–H and O–H groups in total. The molecule has 2 unspecified atom stereocenters. The molecule has 1 aliphatic rings. The van der Waals surface area contributed by atoms with Crippen LogP contribution >= 0.6 is 0 Å². The first-order valence-electron chi connectivity index (χ1n) is 6.17. The van der Waals surface area contributed by atoms with Crippen LogP contribution in [0, 0.1) is 11.8 Å². The van der Waals surface area contributed by atoms with Crippen LogP contribution in [-0.4, -0.2) is 44.8 Å². The minimum absolute atomic E-state index is 0.00782. The lowest BCUT2D eigenvalue weighted by atomic mass is 9.99. The molecule has 0 radical (unpaired) electrons. The first-order chi connectivity index (χ1) is 8.99. The molecule has 2 heterocycles. The van der Waals surface area contributed by atoms with Crippen LogP contribution in [0.3, 0.4) is 0 Å². The minimum atomic E-state index is -0.835. The van der Waals surface area contributed by atoms with E-state index in [1.165, 1.54) is 6.08 Å². The molecule has 2 atom stereocenters. The van der Waals surface area contributed by atoms with Crippen LogP contribution in [0.15, 0.2) is 18.3 Å². The predicted molar refractivity (Wildman–Crippen MR) is 69.1 cm³/mol. The van der Waals surface area contributed by atoms with Crippen molar-refractivity contribution in [1.29, 1.82) is 0 Å². The van der Waals surface area contributed by atoms with Gasteiger partial charge in [0.15, 0.2) is 0 Å². The number of carboxylic acid groups (broad SMARTS) is 1. The molecule has 0 bridgehead atoms. The molecular formula is C13H17N3O3. The second-order valence-corrected chi connectivity index (χ2v) is 4.88. The maximum atomic E-state index is 12.0. The zero-order valence-corrected chi connectivity index (χ0v) is 11.0. The van der Waals surface area contributed by atoms with Crippen LogP contribution < -0.4 is 0 Å². The number of hydrogen-bond acceptors (Lipinski definition) is 3. The summed E-state index contributed by atoms with van der Waals surface area (Å²) in [4.78, 5) is 24.6. The lowest BCUT2D eigenvalue weighted by Gasteiger charge is -2.12. The zero-order valence-electron chi connectivity index (χ0n) is 11.0. The molecule has 0 aliphatic carbocycles. The van der Waals surface area contributed by atoms with E-state index in [0.29, 0.717) is 6.54 Å². The Labute approximate surface area is 111 Å². The van der Waals surface area contributed by atoms with Crippen LogP contribution in [0.2, 0.25) is 0 Å². The number of amides is 1. The Hall–Kier alpha value is -2.11. The molecule has 102 valence electrons. The molecule has 1 aliphatic heterocycles. The van der Waals surface area contributed by atoms with Gasteiger partial charge in [-0.2, -0.15) is 5.10 Å². The Bertz CT molecular complexity index is 521. The van der Waals surface area contributed by atoms with Crippen molar-refractivity contribution < 1.29 is 14.7 Å². The molecule has 2 rings (SSSR count). The summed E-state index contributed by atoms with van der Waals surface area (Å²) in [5.41, 5.74) is 0.829. The van der Waals surface area contributed by atoms with E-state index in [4.69, 9.17) is 5.11 Å². The van der Waals surface area contributed by atoms with E-state index < -0.39 is 11.9 Å². The van der Waals surface area contributed by atoms with Gasteiger partial charge in [0.05, 0.1) is 11.6 Å². The van der Waals surface area contributed by atoms with Gasteiger partial charge in [-0.05, 0) is 18.1 Å². The summed E-state index contributed by atoms with van der Waals surface area (Å²) in [6.45, 7) is 2.63. The Morgan fingerprint density at radius 1 is 1.47 bits per heavy atom. The molecule has 6 heteroatoms. The maximum Gasteiger partial charge on any atom is 0.308 e. The second-order valence-electron chi connectivity index (χ2n) is 4.88. The molecule has 1 fully saturated rings. The summed E-state index contributed by atoms with van der Waals surface area (Å²) in [5.74, 6) is -1.46. The van der Waals surface area contributed by atoms with E-state index in [-0.39, 0.29) is 18.4 Å². The van der Waals surface area contributed by atoms with Gasteiger partial charge in [0.1, 0.15) is 0 Å². The fourth-order valence-electron chi connectivity index (χ4n) is 2.28. The van der Waals surface area contributed by atoms with Gasteiger partial charge in [-0.3, -0.25) is 14.3 Å². The molecule has 0 saturated carbocycles. The fraction of sp³-hybridized carbons (Fsp3) is 0.462. The smallest absolute Gasteiger partial charge is 0.308 e. The molecule has 1 amide bonds. The number of aromatic nitrogens is 2. The van der Waals surface area contributed by atoms with Gasteiger partial charge in [0.25, 0.3) is 0 Å². The van der Waals surface area contributed by atoms with Crippen molar-refractivity contribution in [2.75, 3.05) is 13.1 Å². The van der Waals surface area contributed by atoms with Crippen LogP contribution in [0.4, 0.5) is 0 Å². The number of carboxylic acids is 1. The predicted octanol–water partition coefficient (Wildman–Crippen LogP) is 0.612. The first-order valence-corrected chi connectivity index (χ1v) is 6.17. The largest absolute Gasteiger partial charge is 0.481 e. The van der Waals surface area contributed by atoms with E-state index in [1.807, 2.05) is 6.92 Å². The van der Waals surface area contributed by atoms with E-state index in [0.717, 1.165) is 5.69 Å². The fourth-order valence-corrected chi connectivity index (χ4v) is 2.28. The van der Waals surface area contributed by atoms with Crippen LogP contribution in [0.25, 0.3) is 6.08 Å². The zero-order chi connectivity index (χ0) is 14.0. The van der Waals surface area contributed by atoms with E-state index in [9.17, 15) is 9.59 Å². The van der Waals surface area contributed by atoms with Gasteiger partial charge in [-0.1, -0.05) is 6.92 Å². The molecule has 1 aromatic heterocycles. The van der Waals surface area contributed by atoms with Gasteiger partial charge in [-0.15, -0.1) is 0 Å². The lowest BCUT2D eigenvalue weighted by Crippen LogP contribution is -2.28. The van der Waals surface area contributed by atoms with Crippen LogP contribution in [0.5, 0.6) is 0 Å². The lowest BCUT2D eigenvalue weighted by molar-refractivity contribution is -0.142. The molecule has 1 saturated heterocycles. The highest BCUT2D eigenvalue weighted by Gasteiger charge is 2.36. The number of likely N-dealkylation sites (tertiary alicyclic amines) is 1. The van der Waals surface area contributed by atoms with Gasteiger partial charge in [0.2, 0.25) is 5.91 Å². The monoisotopic (exact) mass is 263 g/mol. The topological polar surface area (TPSA) is 75.4 Å². The Balaban J connectivity index is 2.00. The number of carbonyl (C=O) groups excluding carboxylic acids is 1. The highest BCUT2D eigenvalue weighted by molar-refractivity contribution is 5.92. The average Bonchev–Trinajstić information content (AvgIpc) is 2.92. The van der Waals surface area contributed by atoms with E-state index in [2.05, 4.69) is 5.10 Å². The molecular weight excluding hydrogens is 246 g/mol. The van der Waals surface area contributed by atoms with E-state index in [1.54, 1.807) is 35.0 Å². The summed E-state index contributed by atoms with van der Waals surface area (Å²) in [7, 11) is 1.79. The molecule has 0 aromatic carbocycles. The van der Waals surface area contributed by atoms with Gasteiger partial charge in [-0.25, -0.2) is 0 Å². The van der Waals surface area contributed by atoms with Crippen molar-refractivity contribution >= 4 is 18.0 Å². The summed E-state index contributed by atoms with van der Waals surface area (Å²) >= 11 is 0. The Morgan fingerprint density at radius 3 is 2.74 bits per heavy atom. The maximum absolute atomic E-state index is 12.0. The average molecular weight is 263 g/mol. The number of aliphatic carboxylic acids is 1. The third-order valence-electron chi connectivity index (χ3n) is 3.50. The summed E-state index contributed by atoms with van der Waals surface area (Å²) < 4.78 is 1.66. The summed E-state index contributed by atoms with van der Waals surface area (Å²) in [6, 6.07) is 1.80. The van der Waals surface area contributed by atoms with Crippen LogP contribution in [0.1, 0.15) is 12.6 Å². The van der Waals surface area contributed by atoms with Gasteiger partial charge in [0, 0.05) is 32.4 Å². The van der Waals surface area contributed by atoms with Gasteiger partial charge >= 0.3 is 5.97 Å². The van der Waals surface area contributed by atoms with Crippen molar-refractivity contribution in [3.8, 4) is 0 Å². The van der Waals surface area contributed by atoms with Crippen molar-refractivity contribution in [2.24, 2.45) is 18.9 Å². The third-order valence-corrected chi connectivity index (χ3v) is 3.50. The quantitative estimate of drug-likeness (QED) is 0.811. The Morgan fingerprint density at radius 2 is 2.21 bits per heavy atom. The van der Waals surface area contributed by atoms with Crippen molar-refractivity contribution in [2.45, 2.75) is 6.92 Å². The normalized spacial score (nSPS) is 23.2. The highest BCUT2D eigenvalue weighted by atomic mass is 16.4. The Kier molecular flexibility index (Phi) is 3.69. The summed E-state index contributed by atoms with van der Waals surface area (Å²) in [6.07, 6.45) is 4.81. The number of nitrogens with zero attached hydrogens (tertiary/aromatic N) is 3. The molecule has 1 aromatic rings. The van der Waals surface area contributed by atoms with Gasteiger partial charge < -0.3 is 10.0 Å². The molecule has 0 spiro atoms. The molecule has 19 heavy (non-hydrogen) atoms. The van der Waals surface area contributed by atoms with Crippen molar-refractivity contribution in [3.05, 3.63) is 24.0 Å². The van der Waals surface area contributed by atoms with Crippen molar-refractivity contribution in [1.82, 2.24) is 14.7 Å². The van der Waals surface area contributed by atoms with E-state index >= 15 is 0 Å². The molecule has 6 nitrogen and oxygen atoms in total. The third kappa shape index (κ3) is 2.83. The standard InChI is InChI=1S/C13H17N3O3/c1-9-7-16(8-11(9)13(18)19)12(17)4-3-10-5-6-14-15(10)2/h3-6,9,11H,7-8H2,1-2H3,(H,18,19).